The quantitative estimate of drug-likeness (QED) is 0.869. The molecule has 0 atom stereocenters. The van der Waals surface area contributed by atoms with Crippen LogP contribution in [-0.4, -0.2) is 15.3 Å². The molecule has 0 radical (unpaired) electrons. The van der Waals surface area contributed by atoms with Crippen LogP contribution >= 0.6 is 0 Å². The number of hydrogen-bond donors (Lipinski definition) is 2. The Bertz CT molecular complexity index is 609. The second-order valence-electron chi connectivity index (χ2n) is 4.84. The first-order valence-electron chi connectivity index (χ1n) is 6.28. The van der Waals surface area contributed by atoms with Crippen molar-refractivity contribution in [2.45, 2.75) is 25.2 Å². The highest BCUT2D eigenvalue weighted by Crippen LogP contribution is 2.43. The standard InChI is InChI=1S/C14H14FN3O/c15-13-10(11-6-7-12(16)18-17-11)5-4-9(14(13)19)8-2-1-3-8/h4-8,19H,1-3H2,(H2,16,18). The lowest BCUT2D eigenvalue weighted by Crippen LogP contribution is -2.09. The lowest BCUT2D eigenvalue weighted by molar-refractivity contribution is 0.378. The second-order valence-corrected chi connectivity index (χ2v) is 4.84. The number of halogens is 1. The van der Waals surface area contributed by atoms with Gasteiger partial charge in [0.1, 0.15) is 5.82 Å². The normalized spacial score (nSPS) is 15.2. The van der Waals surface area contributed by atoms with Crippen LogP contribution in [0.3, 0.4) is 0 Å². The molecule has 1 aliphatic carbocycles. The Labute approximate surface area is 110 Å². The molecule has 3 N–H and O–H groups in total. The number of aromatic nitrogens is 2. The predicted molar refractivity (Wildman–Crippen MR) is 70.1 cm³/mol. The molecule has 0 amide bonds. The van der Waals surface area contributed by atoms with Crippen molar-refractivity contribution >= 4 is 5.82 Å². The molecule has 1 aromatic heterocycles. The van der Waals surface area contributed by atoms with Crippen molar-refractivity contribution in [3.05, 3.63) is 35.6 Å². The minimum atomic E-state index is -0.636. The van der Waals surface area contributed by atoms with Crippen LogP contribution in [0.25, 0.3) is 11.3 Å². The first kappa shape index (κ1) is 11.9. The fourth-order valence-corrected chi connectivity index (χ4v) is 2.31. The SMILES string of the molecule is Nc1ccc(-c2ccc(C3CCC3)c(O)c2F)nn1. The highest BCUT2D eigenvalue weighted by Gasteiger charge is 2.25. The van der Waals surface area contributed by atoms with Crippen LogP contribution < -0.4 is 5.73 Å². The van der Waals surface area contributed by atoms with Gasteiger partial charge in [0.25, 0.3) is 0 Å². The number of rotatable bonds is 2. The summed E-state index contributed by atoms with van der Waals surface area (Å²) < 4.78 is 14.2. The monoisotopic (exact) mass is 259 g/mol. The van der Waals surface area contributed by atoms with Crippen molar-refractivity contribution < 1.29 is 9.50 Å². The van der Waals surface area contributed by atoms with Crippen molar-refractivity contribution in [3.8, 4) is 17.0 Å². The van der Waals surface area contributed by atoms with Gasteiger partial charge in [0.05, 0.1) is 5.69 Å². The van der Waals surface area contributed by atoms with Gasteiger partial charge in [0, 0.05) is 11.1 Å². The second kappa shape index (κ2) is 4.50. The van der Waals surface area contributed by atoms with E-state index in [0.717, 1.165) is 19.3 Å². The van der Waals surface area contributed by atoms with Gasteiger partial charge >= 0.3 is 0 Å². The van der Waals surface area contributed by atoms with Crippen LogP contribution in [-0.2, 0) is 0 Å². The molecule has 0 aliphatic heterocycles. The van der Waals surface area contributed by atoms with Gasteiger partial charge in [-0.2, -0.15) is 0 Å². The molecule has 19 heavy (non-hydrogen) atoms. The molecule has 0 bridgehead atoms. The minimum absolute atomic E-state index is 0.244. The average molecular weight is 259 g/mol. The number of nitrogens with two attached hydrogens (primary N) is 1. The number of aromatic hydroxyl groups is 1. The molecule has 1 heterocycles. The van der Waals surface area contributed by atoms with Crippen LogP contribution in [0.1, 0.15) is 30.7 Å². The Hall–Kier alpha value is -2.17. The molecule has 4 nitrogen and oxygen atoms in total. The van der Waals surface area contributed by atoms with E-state index in [9.17, 15) is 9.50 Å². The maximum atomic E-state index is 14.2. The first-order valence-corrected chi connectivity index (χ1v) is 6.28. The van der Waals surface area contributed by atoms with E-state index in [1.165, 1.54) is 0 Å². The summed E-state index contributed by atoms with van der Waals surface area (Å²) in [4.78, 5) is 0. The first-order chi connectivity index (χ1) is 9.16. The molecule has 1 fully saturated rings. The van der Waals surface area contributed by atoms with Crippen molar-refractivity contribution in [1.29, 1.82) is 0 Å². The minimum Gasteiger partial charge on any atom is -0.505 e. The predicted octanol–water partition coefficient (Wildman–Crippen LogP) is 2.84. The molecule has 5 heteroatoms. The maximum Gasteiger partial charge on any atom is 0.174 e. The van der Waals surface area contributed by atoms with Gasteiger partial charge in [-0.05, 0) is 37.0 Å². The third-order valence-corrected chi connectivity index (χ3v) is 3.65. The number of nitrogen functional groups attached to an aromatic ring is 1. The van der Waals surface area contributed by atoms with Crippen molar-refractivity contribution in [2.24, 2.45) is 0 Å². The van der Waals surface area contributed by atoms with Gasteiger partial charge in [-0.1, -0.05) is 12.5 Å². The summed E-state index contributed by atoms with van der Waals surface area (Å²) in [6.45, 7) is 0. The highest BCUT2D eigenvalue weighted by atomic mass is 19.1. The van der Waals surface area contributed by atoms with E-state index in [2.05, 4.69) is 10.2 Å². The Balaban J connectivity index is 2.03. The van der Waals surface area contributed by atoms with Crippen LogP contribution in [0.2, 0.25) is 0 Å². The summed E-state index contributed by atoms with van der Waals surface area (Å²) in [6.07, 6.45) is 3.15. The zero-order chi connectivity index (χ0) is 13.4. The fourth-order valence-electron chi connectivity index (χ4n) is 2.31. The number of hydrogen-bond acceptors (Lipinski definition) is 4. The molecule has 1 saturated carbocycles. The average Bonchev–Trinajstić information content (AvgIpc) is 2.35. The number of phenols is 1. The van der Waals surface area contributed by atoms with Gasteiger partial charge in [0.2, 0.25) is 0 Å². The molecular weight excluding hydrogens is 245 g/mol. The number of anilines is 1. The van der Waals surface area contributed by atoms with Crippen molar-refractivity contribution in [2.75, 3.05) is 5.73 Å². The van der Waals surface area contributed by atoms with Gasteiger partial charge in [-0.15, -0.1) is 10.2 Å². The summed E-state index contributed by atoms with van der Waals surface area (Å²) in [5.74, 6) is -0.343. The summed E-state index contributed by atoms with van der Waals surface area (Å²) in [5, 5.41) is 17.5. The zero-order valence-corrected chi connectivity index (χ0v) is 10.3. The number of nitrogens with zero attached hydrogens (tertiary/aromatic N) is 2. The Morgan fingerprint density at radius 3 is 2.53 bits per heavy atom. The lowest BCUT2D eigenvalue weighted by atomic mass is 9.79. The van der Waals surface area contributed by atoms with Crippen LogP contribution in [0.4, 0.5) is 10.2 Å². The maximum absolute atomic E-state index is 14.2. The van der Waals surface area contributed by atoms with E-state index in [0.29, 0.717) is 11.3 Å². The summed E-state index contributed by atoms with van der Waals surface area (Å²) in [7, 11) is 0. The Morgan fingerprint density at radius 2 is 1.95 bits per heavy atom. The largest absolute Gasteiger partial charge is 0.505 e. The van der Waals surface area contributed by atoms with Crippen LogP contribution in [0, 0.1) is 5.82 Å². The highest BCUT2D eigenvalue weighted by molar-refractivity contribution is 5.64. The Kier molecular flexibility index (Phi) is 2.81. The smallest absolute Gasteiger partial charge is 0.174 e. The third-order valence-electron chi connectivity index (χ3n) is 3.65. The van der Waals surface area contributed by atoms with Crippen LogP contribution in [0.5, 0.6) is 5.75 Å². The summed E-state index contributed by atoms with van der Waals surface area (Å²) in [6, 6.07) is 6.56. The topological polar surface area (TPSA) is 72.0 Å². The van der Waals surface area contributed by atoms with Gasteiger partial charge in [-0.3, -0.25) is 0 Å². The van der Waals surface area contributed by atoms with Gasteiger partial charge < -0.3 is 10.8 Å². The zero-order valence-electron chi connectivity index (χ0n) is 10.3. The summed E-state index contributed by atoms with van der Waals surface area (Å²) >= 11 is 0. The van der Waals surface area contributed by atoms with E-state index in [4.69, 9.17) is 5.73 Å². The summed E-state index contributed by atoms with van der Waals surface area (Å²) in [5.41, 5.74) is 6.74. The van der Waals surface area contributed by atoms with E-state index >= 15 is 0 Å². The fraction of sp³-hybridized carbons (Fsp3) is 0.286. The molecule has 0 spiro atoms. The molecule has 2 aromatic rings. The lowest BCUT2D eigenvalue weighted by Gasteiger charge is -2.26. The third kappa shape index (κ3) is 2.01. The molecule has 98 valence electrons. The molecule has 3 rings (SSSR count). The Morgan fingerprint density at radius 1 is 1.16 bits per heavy atom. The van der Waals surface area contributed by atoms with E-state index in [1.807, 2.05) is 0 Å². The molecular formula is C14H14FN3O. The van der Waals surface area contributed by atoms with E-state index in [1.54, 1.807) is 24.3 Å². The number of benzene rings is 1. The van der Waals surface area contributed by atoms with E-state index in [-0.39, 0.29) is 23.0 Å². The molecule has 0 unspecified atom stereocenters. The van der Waals surface area contributed by atoms with Crippen LogP contribution in [0.15, 0.2) is 24.3 Å². The van der Waals surface area contributed by atoms with E-state index < -0.39 is 5.82 Å². The number of phenolic OH excluding ortho intramolecular Hbond substituents is 1. The molecule has 1 aromatic carbocycles. The van der Waals surface area contributed by atoms with Gasteiger partial charge in [0.15, 0.2) is 11.6 Å². The molecule has 0 saturated heterocycles. The van der Waals surface area contributed by atoms with Crippen molar-refractivity contribution in [1.82, 2.24) is 10.2 Å². The molecule has 1 aliphatic rings. The van der Waals surface area contributed by atoms with Gasteiger partial charge in [-0.25, -0.2) is 4.39 Å². The van der Waals surface area contributed by atoms with Crippen molar-refractivity contribution in [3.63, 3.8) is 0 Å².